The largest absolute Gasteiger partial charge is 0.381 e. The third-order valence-electron chi connectivity index (χ3n) is 3.37. The molecule has 0 unspecified atom stereocenters. The number of rotatable bonds is 4. The van der Waals surface area contributed by atoms with Gasteiger partial charge in [0.05, 0.1) is 17.3 Å². The molecule has 2 aromatic carbocycles. The molecule has 0 aliphatic carbocycles. The van der Waals surface area contributed by atoms with Crippen LogP contribution in [0.3, 0.4) is 0 Å². The van der Waals surface area contributed by atoms with Crippen LogP contribution in [-0.4, -0.2) is 20.2 Å². The van der Waals surface area contributed by atoms with Crippen molar-refractivity contribution in [3.63, 3.8) is 0 Å². The zero-order valence-corrected chi connectivity index (χ0v) is 12.1. The molecular weight excluding hydrogens is 276 g/mol. The fourth-order valence-corrected chi connectivity index (χ4v) is 2.20. The molecule has 0 aliphatic heterocycles. The van der Waals surface area contributed by atoms with Gasteiger partial charge in [0.2, 0.25) is 0 Å². The predicted octanol–water partition coefficient (Wildman–Crippen LogP) is 2.45. The molecule has 1 N–H and O–H groups in total. The van der Waals surface area contributed by atoms with E-state index >= 15 is 0 Å². The molecule has 0 fully saturated rings. The van der Waals surface area contributed by atoms with E-state index < -0.39 is 0 Å². The van der Waals surface area contributed by atoms with Gasteiger partial charge >= 0.3 is 0 Å². The molecule has 0 amide bonds. The number of hydrogen-bond acceptors (Lipinski definition) is 5. The molecule has 22 heavy (non-hydrogen) atoms. The summed E-state index contributed by atoms with van der Waals surface area (Å²) in [6.45, 7) is 2.72. The third kappa shape index (κ3) is 2.94. The van der Waals surface area contributed by atoms with Crippen LogP contribution in [0.2, 0.25) is 0 Å². The molecule has 0 spiro atoms. The summed E-state index contributed by atoms with van der Waals surface area (Å²) < 4.78 is 1.64. The van der Waals surface area contributed by atoms with Gasteiger partial charge in [0.1, 0.15) is 6.33 Å². The van der Waals surface area contributed by atoms with Crippen molar-refractivity contribution >= 4 is 5.69 Å². The van der Waals surface area contributed by atoms with Crippen LogP contribution >= 0.6 is 0 Å². The van der Waals surface area contributed by atoms with Crippen molar-refractivity contribution in [1.82, 2.24) is 20.2 Å². The van der Waals surface area contributed by atoms with Gasteiger partial charge in [-0.2, -0.15) is 5.26 Å². The van der Waals surface area contributed by atoms with Crippen LogP contribution in [0.4, 0.5) is 5.69 Å². The van der Waals surface area contributed by atoms with E-state index in [0.29, 0.717) is 12.1 Å². The number of aryl methyl sites for hydroxylation is 1. The van der Waals surface area contributed by atoms with Crippen molar-refractivity contribution in [3.8, 4) is 11.8 Å². The Labute approximate surface area is 128 Å². The Hall–Kier alpha value is -3.20. The molecule has 0 atom stereocenters. The lowest BCUT2D eigenvalue weighted by Crippen LogP contribution is -2.02. The Morgan fingerprint density at radius 3 is 2.64 bits per heavy atom. The first-order valence-corrected chi connectivity index (χ1v) is 6.83. The summed E-state index contributed by atoms with van der Waals surface area (Å²) in [6, 6.07) is 15.7. The SMILES string of the molecule is Cc1cc(NCc2ccc(C#N)cc2)ccc1-n1cnnn1. The molecular formula is C16H14N6. The van der Waals surface area contributed by atoms with Crippen molar-refractivity contribution in [1.29, 1.82) is 5.26 Å². The normalized spacial score (nSPS) is 10.2. The number of aromatic nitrogens is 4. The number of tetrazole rings is 1. The van der Waals surface area contributed by atoms with Gasteiger partial charge in [-0.25, -0.2) is 4.68 Å². The lowest BCUT2D eigenvalue weighted by Gasteiger charge is -2.10. The van der Waals surface area contributed by atoms with Gasteiger partial charge in [0.25, 0.3) is 0 Å². The van der Waals surface area contributed by atoms with Crippen molar-refractivity contribution < 1.29 is 0 Å². The molecule has 0 radical (unpaired) electrons. The van der Waals surface area contributed by atoms with Gasteiger partial charge in [-0.05, 0) is 58.8 Å². The van der Waals surface area contributed by atoms with E-state index in [1.807, 2.05) is 43.3 Å². The highest BCUT2D eigenvalue weighted by Crippen LogP contribution is 2.18. The van der Waals surface area contributed by atoms with E-state index in [1.165, 1.54) is 0 Å². The summed E-state index contributed by atoms with van der Waals surface area (Å²) in [6.07, 6.45) is 1.58. The smallest absolute Gasteiger partial charge is 0.143 e. The summed E-state index contributed by atoms with van der Waals surface area (Å²) >= 11 is 0. The van der Waals surface area contributed by atoms with Crippen LogP contribution in [0.5, 0.6) is 0 Å². The monoisotopic (exact) mass is 290 g/mol. The molecule has 3 aromatic rings. The van der Waals surface area contributed by atoms with Gasteiger partial charge in [0, 0.05) is 12.2 Å². The molecule has 6 nitrogen and oxygen atoms in total. The third-order valence-corrected chi connectivity index (χ3v) is 3.37. The number of hydrogen-bond donors (Lipinski definition) is 1. The van der Waals surface area contributed by atoms with Crippen molar-refractivity contribution in [2.24, 2.45) is 0 Å². The Bertz CT molecular complexity index is 800. The standard InChI is InChI=1S/C16H14N6/c1-12-8-15(6-7-16(12)22-11-19-20-21-22)18-10-14-4-2-13(9-17)3-5-14/h2-8,11,18H,10H2,1H3. The summed E-state index contributed by atoms with van der Waals surface area (Å²) in [4.78, 5) is 0. The number of nitrogens with one attached hydrogen (secondary N) is 1. The maximum atomic E-state index is 8.79. The summed E-state index contributed by atoms with van der Waals surface area (Å²) in [7, 11) is 0. The van der Waals surface area contributed by atoms with Crippen LogP contribution in [0.15, 0.2) is 48.8 Å². The van der Waals surface area contributed by atoms with Gasteiger partial charge < -0.3 is 5.32 Å². The molecule has 0 saturated carbocycles. The van der Waals surface area contributed by atoms with Gasteiger partial charge in [0.15, 0.2) is 0 Å². The Morgan fingerprint density at radius 2 is 2.00 bits per heavy atom. The quantitative estimate of drug-likeness (QED) is 0.798. The highest BCUT2D eigenvalue weighted by atomic mass is 15.5. The lowest BCUT2D eigenvalue weighted by molar-refractivity contribution is 0.785. The van der Waals surface area contributed by atoms with E-state index in [-0.39, 0.29) is 0 Å². The number of anilines is 1. The number of nitrogens with zero attached hydrogens (tertiary/aromatic N) is 5. The molecule has 1 heterocycles. The fourth-order valence-electron chi connectivity index (χ4n) is 2.20. The molecule has 0 bridgehead atoms. The van der Waals surface area contributed by atoms with Gasteiger partial charge in [-0.15, -0.1) is 5.10 Å². The molecule has 108 valence electrons. The first-order chi connectivity index (χ1) is 10.8. The predicted molar refractivity (Wildman–Crippen MR) is 82.4 cm³/mol. The van der Waals surface area contributed by atoms with E-state index in [1.54, 1.807) is 11.0 Å². The Balaban J connectivity index is 1.70. The minimum atomic E-state index is 0.672. The molecule has 6 heteroatoms. The molecule has 0 saturated heterocycles. The van der Waals surface area contributed by atoms with Crippen molar-refractivity contribution in [2.45, 2.75) is 13.5 Å². The summed E-state index contributed by atoms with van der Waals surface area (Å²) in [5, 5.41) is 23.3. The van der Waals surface area contributed by atoms with E-state index in [9.17, 15) is 0 Å². The Kier molecular flexibility index (Phi) is 3.79. The minimum absolute atomic E-state index is 0.672. The van der Waals surface area contributed by atoms with Crippen LogP contribution in [0.25, 0.3) is 5.69 Å². The van der Waals surface area contributed by atoms with Crippen LogP contribution in [0, 0.1) is 18.3 Å². The van der Waals surface area contributed by atoms with Crippen molar-refractivity contribution in [3.05, 3.63) is 65.5 Å². The fraction of sp³-hybridized carbons (Fsp3) is 0.125. The van der Waals surface area contributed by atoms with E-state index in [4.69, 9.17) is 5.26 Å². The zero-order chi connectivity index (χ0) is 15.4. The maximum absolute atomic E-state index is 8.79. The number of nitriles is 1. The van der Waals surface area contributed by atoms with Crippen LogP contribution in [-0.2, 0) is 6.54 Å². The topological polar surface area (TPSA) is 79.4 Å². The average Bonchev–Trinajstić information content (AvgIpc) is 3.07. The molecule has 0 aliphatic rings. The Morgan fingerprint density at radius 1 is 1.18 bits per heavy atom. The molecule has 3 rings (SSSR count). The first-order valence-electron chi connectivity index (χ1n) is 6.83. The highest BCUT2D eigenvalue weighted by Gasteiger charge is 2.03. The van der Waals surface area contributed by atoms with Gasteiger partial charge in [-0.3, -0.25) is 0 Å². The highest BCUT2D eigenvalue weighted by molar-refractivity contribution is 5.53. The zero-order valence-electron chi connectivity index (χ0n) is 12.1. The summed E-state index contributed by atoms with van der Waals surface area (Å²) in [5.41, 5.74) is 4.86. The summed E-state index contributed by atoms with van der Waals surface area (Å²) in [5.74, 6) is 0. The first kappa shape index (κ1) is 13.8. The second-order valence-electron chi connectivity index (χ2n) is 4.92. The van der Waals surface area contributed by atoms with Gasteiger partial charge in [-0.1, -0.05) is 12.1 Å². The van der Waals surface area contributed by atoms with Crippen LogP contribution < -0.4 is 5.32 Å². The maximum Gasteiger partial charge on any atom is 0.143 e. The van der Waals surface area contributed by atoms with E-state index in [2.05, 4.69) is 33.0 Å². The van der Waals surface area contributed by atoms with Crippen LogP contribution in [0.1, 0.15) is 16.7 Å². The number of benzene rings is 2. The second-order valence-corrected chi connectivity index (χ2v) is 4.92. The minimum Gasteiger partial charge on any atom is -0.381 e. The van der Waals surface area contributed by atoms with E-state index in [0.717, 1.165) is 22.5 Å². The molecule has 1 aromatic heterocycles. The lowest BCUT2D eigenvalue weighted by atomic mass is 10.1. The second kappa shape index (κ2) is 6.06. The average molecular weight is 290 g/mol. The van der Waals surface area contributed by atoms with Crippen molar-refractivity contribution in [2.75, 3.05) is 5.32 Å².